The molecule has 1 aromatic rings. The van der Waals surface area contributed by atoms with Gasteiger partial charge in [0, 0.05) is 24.0 Å². The molecule has 5 heteroatoms. The number of rotatable bonds is 3. The highest BCUT2D eigenvalue weighted by Gasteiger charge is 2.20. The summed E-state index contributed by atoms with van der Waals surface area (Å²) < 4.78 is 0. The van der Waals surface area contributed by atoms with E-state index < -0.39 is 0 Å². The van der Waals surface area contributed by atoms with Crippen LogP contribution in [-0.2, 0) is 5.41 Å². The lowest BCUT2D eigenvalue weighted by Crippen LogP contribution is -2.40. The van der Waals surface area contributed by atoms with E-state index in [1.807, 2.05) is 18.2 Å². The number of benzene rings is 1. The maximum absolute atomic E-state index is 5.97. The van der Waals surface area contributed by atoms with Crippen molar-refractivity contribution in [3.63, 3.8) is 0 Å². The van der Waals surface area contributed by atoms with Crippen molar-refractivity contribution < 1.29 is 0 Å². The molecule has 0 bridgehead atoms. The van der Waals surface area contributed by atoms with Crippen LogP contribution < -0.4 is 11.1 Å². The minimum Gasteiger partial charge on any atom is -0.370 e. The van der Waals surface area contributed by atoms with Crippen LogP contribution in [0, 0.1) is 0 Å². The first-order valence-electron chi connectivity index (χ1n) is 5.18. The van der Waals surface area contributed by atoms with Crippen LogP contribution in [0.1, 0.15) is 19.4 Å². The molecule has 3 nitrogen and oxygen atoms in total. The van der Waals surface area contributed by atoms with Crippen LogP contribution in [0.25, 0.3) is 0 Å². The van der Waals surface area contributed by atoms with Gasteiger partial charge in [0.05, 0.1) is 0 Å². The molecule has 0 aromatic heterocycles. The molecule has 17 heavy (non-hydrogen) atoms. The van der Waals surface area contributed by atoms with E-state index >= 15 is 0 Å². The number of guanidine groups is 1. The topological polar surface area (TPSA) is 50.4 Å². The number of hydrogen-bond acceptors (Lipinski definition) is 1. The molecule has 0 saturated heterocycles. The Kier molecular flexibility index (Phi) is 6.85. The summed E-state index contributed by atoms with van der Waals surface area (Å²) in [6.07, 6.45) is 0. The maximum Gasteiger partial charge on any atom is 0.188 e. The summed E-state index contributed by atoms with van der Waals surface area (Å²) in [7, 11) is 1.66. The summed E-state index contributed by atoms with van der Waals surface area (Å²) >= 11 is 5.97. The lowest BCUT2D eigenvalue weighted by Gasteiger charge is -2.26. The summed E-state index contributed by atoms with van der Waals surface area (Å²) in [5.41, 5.74) is 6.74. The number of aliphatic imine (C=N–C) groups is 1. The third-order valence-corrected chi connectivity index (χ3v) is 2.79. The van der Waals surface area contributed by atoms with Gasteiger partial charge >= 0.3 is 0 Å². The normalized spacial score (nSPS) is 11.9. The van der Waals surface area contributed by atoms with E-state index in [1.165, 1.54) is 5.56 Å². The zero-order valence-electron chi connectivity index (χ0n) is 10.3. The van der Waals surface area contributed by atoms with Gasteiger partial charge in [0.2, 0.25) is 0 Å². The molecule has 1 rings (SSSR count). The zero-order valence-corrected chi connectivity index (χ0v) is 13.4. The van der Waals surface area contributed by atoms with E-state index in [-0.39, 0.29) is 29.4 Å². The van der Waals surface area contributed by atoms with Crippen molar-refractivity contribution in [1.29, 1.82) is 0 Å². The van der Waals surface area contributed by atoms with E-state index in [0.29, 0.717) is 5.96 Å². The number of halogens is 2. The van der Waals surface area contributed by atoms with Gasteiger partial charge < -0.3 is 11.1 Å². The van der Waals surface area contributed by atoms with Crippen molar-refractivity contribution in [2.45, 2.75) is 19.3 Å². The fourth-order valence-corrected chi connectivity index (χ4v) is 1.59. The smallest absolute Gasteiger partial charge is 0.188 e. The van der Waals surface area contributed by atoms with Crippen molar-refractivity contribution in [3.05, 3.63) is 34.9 Å². The second-order valence-corrected chi connectivity index (χ2v) is 4.79. The van der Waals surface area contributed by atoms with Crippen LogP contribution in [0.15, 0.2) is 29.3 Å². The molecule has 0 aliphatic rings. The summed E-state index contributed by atoms with van der Waals surface area (Å²) in [6.45, 7) is 4.99. The fourth-order valence-electron chi connectivity index (χ4n) is 1.40. The van der Waals surface area contributed by atoms with Crippen LogP contribution in [0.5, 0.6) is 0 Å². The molecule has 0 aliphatic heterocycles. The molecule has 0 spiro atoms. The molecule has 0 saturated carbocycles. The van der Waals surface area contributed by atoms with Crippen LogP contribution >= 0.6 is 35.6 Å². The Labute approximate surface area is 125 Å². The Hall–Kier alpha value is -0.490. The summed E-state index contributed by atoms with van der Waals surface area (Å²) in [5.74, 6) is 0.454. The molecule has 0 aliphatic carbocycles. The van der Waals surface area contributed by atoms with Crippen molar-refractivity contribution in [3.8, 4) is 0 Å². The van der Waals surface area contributed by atoms with E-state index in [1.54, 1.807) is 7.05 Å². The van der Waals surface area contributed by atoms with E-state index in [9.17, 15) is 0 Å². The molecule has 0 atom stereocenters. The summed E-state index contributed by atoms with van der Waals surface area (Å²) in [5, 5.41) is 3.83. The van der Waals surface area contributed by atoms with Crippen molar-refractivity contribution in [2.75, 3.05) is 13.6 Å². The van der Waals surface area contributed by atoms with Gasteiger partial charge in [-0.15, -0.1) is 24.0 Å². The van der Waals surface area contributed by atoms with Crippen LogP contribution in [0.2, 0.25) is 5.02 Å². The molecule has 0 amide bonds. The summed E-state index contributed by atoms with van der Waals surface area (Å²) in [6, 6.07) is 7.86. The van der Waals surface area contributed by atoms with Crippen LogP contribution in [0.4, 0.5) is 0 Å². The highest BCUT2D eigenvalue weighted by molar-refractivity contribution is 14.0. The lowest BCUT2D eigenvalue weighted by atomic mass is 9.85. The molecule has 3 N–H and O–H groups in total. The molecule has 0 radical (unpaired) electrons. The highest BCUT2D eigenvalue weighted by atomic mass is 127. The average molecular weight is 368 g/mol. The average Bonchev–Trinajstić information content (AvgIpc) is 2.26. The van der Waals surface area contributed by atoms with E-state index in [0.717, 1.165) is 11.6 Å². The van der Waals surface area contributed by atoms with Gasteiger partial charge in [-0.2, -0.15) is 0 Å². The Bertz CT molecular complexity index is 391. The Balaban J connectivity index is 0.00000256. The van der Waals surface area contributed by atoms with Gasteiger partial charge in [0.1, 0.15) is 0 Å². The Morgan fingerprint density at radius 1 is 1.47 bits per heavy atom. The minimum atomic E-state index is -0.0415. The first-order valence-corrected chi connectivity index (χ1v) is 5.55. The van der Waals surface area contributed by atoms with Gasteiger partial charge in [-0.25, -0.2) is 0 Å². The largest absolute Gasteiger partial charge is 0.370 e. The molecular weight excluding hydrogens is 349 g/mol. The second-order valence-electron chi connectivity index (χ2n) is 4.36. The van der Waals surface area contributed by atoms with Gasteiger partial charge in [-0.3, -0.25) is 4.99 Å². The first kappa shape index (κ1) is 16.5. The van der Waals surface area contributed by atoms with Gasteiger partial charge in [0.15, 0.2) is 5.96 Å². The fraction of sp³-hybridized carbons (Fsp3) is 0.417. The van der Waals surface area contributed by atoms with Gasteiger partial charge in [-0.1, -0.05) is 37.6 Å². The third kappa shape index (κ3) is 5.12. The second kappa shape index (κ2) is 7.06. The number of nitrogens with zero attached hydrogens (tertiary/aromatic N) is 1. The van der Waals surface area contributed by atoms with Crippen molar-refractivity contribution in [2.24, 2.45) is 10.7 Å². The zero-order chi connectivity index (χ0) is 12.2. The van der Waals surface area contributed by atoms with Gasteiger partial charge in [0.25, 0.3) is 0 Å². The first-order chi connectivity index (χ1) is 7.45. The predicted octanol–water partition coefficient (Wildman–Crippen LogP) is 2.77. The molecule has 0 heterocycles. The van der Waals surface area contributed by atoms with Gasteiger partial charge in [-0.05, 0) is 17.7 Å². The molecule has 1 aromatic carbocycles. The van der Waals surface area contributed by atoms with Crippen LogP contribution in [0.3, 0.4) is 0 Å². The standard InChI is InChI=1S/C12H18ClN3.HI/c1-12(2,8-16-11(14)15-3)9-5-4-6-10(13)7-9;/h4-7H,8H2,1-3H3,(H3,14,15,16);1H. The number of nitrogens with two attached hydrogens (primary N) is 1. The maximum atomic E-state index is 5.97. The number of nitrogens with one attached hydrogen (secondary N) is 1. The Morgan fingerprint density at radius 2 is 2.12 bits per heavy atom. The monoisotopic (exact) mass is 367 g/mol. The highest BCUT2D eigenvalue weighted by Crippen LogP contribution is 2.24. The third-order valence-electron chi connectivity index (χ3n) is 2.56. The van der Waals surface area contributed by atoms with Crippen LogP contribution in [-0.4, -0.2) is 19.6 Å². The lowest BCUT2D eigenvalue weighted by molar-refractivity contribution is 0.512. The molecule has 0 unspecified atom stereocenters. The summed E-state index contributed by atoms with van der Waals surface area (Å²) in [4.78, 5) is 3.86. The minimum absolute atomic E-state index is 0. The molecular formula is C12H19ClIN3. The number of hydrogen-bond donors (Lipinski definition) is 2. The van der Waals surface area contributed by atoms with Crippen molar-refractivity contribution >= 4 is 41.5 Å². The van der Waals surface area contributed by atoms with Crippen molar-refractivity contribution in [1.82, 2.24) is 5.32 Å². The van der Waals surface area contributed by atoms with E-state index in [2.05, 4.69) is 30.2 Å². The predicted molar refractivity (Wildman–Crippen MR) is 85.4 cm³/mol. The SMILES string of the molecule is CN=C(N)NCC(C)(C)c1cccc(Cl)c1.I. The Morgan fingerprint density at radius 3 is 2.65 bits per heavy atom. The molecule has 0 fully saturated rings. The van der Waals surface area contributed by atoms with E-state index in [4.69, 9.17) is 17.3 Å². The molecule has 96 valence electrons. The quantitative estimate of drug-likeness (QED) is 0.490.